The number of para-hydroxylation sites is 1. The Labute approximate surface area is 327 Å². The SMILES string of the molecule is CCOC(=O)c1c(NC(=O)C(C)Sc2cccc(NC(=O)/C(=C\c3ccc(OCC)cc3)NC(=O)c3ccccc3)c2)sc(C(=O)Nc2ccccc2)c1C. The van der Waals surface area contributed by atoms with Crippen LogP contribution in [0, 0.1) is 6.92 Å². The Bertz CT molecular complexity index is 2190. The van der Waals surface area contributed by atoms with Crippen molar-refractivity contribution < 1.29 is 33.4 Å². The van der Waals surface area contributed by atoms with E-state index in [0.717, 1.165) is 11.3 Å². The van der Waals surface area contributed by atoms with Crippen molar-refractivity contribution >= 4 is 75.1 Å². The van der Waals surface area contributed by atoms with Crippen molar-refractivity contribution in [3.63, 3.8) is 0 Å². The standard InChI is InChI=1S/C42H40N4O7S2/c1-5-52-32-22-20-28(21-23-32)24-34(45-38(48)29-14-9-7-10-15-29)39(49)44-31-18-13-19-33(25-31)54-27(4)37(47)46-41-35(42(51)53-6-2)26(3)36(55-41)40(50)43-30-16-11-8-12-17-30/h7-25,27H,5-6H2,1-4H3,(H,43,50)(H,44,49)(H,45,48)(H,46,47)/b34-24+. The van der Waals surface area contributed by atoms with Gasteiger partial charge in [0, 0.05) is 21.8 Å². The molecule has 0 aliphatic heterocycles. The first-order chi connectivity index (χ1) is 26.6. The molecule has 13 heteroatoms. The molecule has 0 aliphatic carbocycles. The Balaban J connectivity index is 1.30. The number of esters is 1. The molecule has 1 unspecified atom stereocenters. The van der Waals surface area contributed by atoms with Crippen LogP contribution in [0.4, 0.5) is 16.4 Å². The molecular weight excluding hydrogens is 737 g/mol. The summed E-state index contributed by atoms with van der Waals surface area (Å²) in [4.78, 5) is 67.4. The topological polar surface area (TPSA) is 152 Å². The van der Waals surface area contributed by atoms with Crippen molar-refractivity contribution in [2.24, 2.45) is 0 Å². The maximum absolute atomic E-state index is 13.7. The molecule has 5 aromatic rings. The second kappa shape index (κ2) is 19.2. The highest BCUT2D eigenvalue weighted by atomic mass is 32.2. The van der Waals surface area contributed by atoms with E-state index >= 15 is 0 Å². The summed E-state index contributed by atoms with van der Waals surface area (Å²) in [6, 6.07) is 31.5. The summed E-state index contributed by atoms with van der Waals surface area (Å²) in [5, 5.41) is 10.8. The number of ether oxygens (including phenoxy) is 2. The van der Waals surface area contributed by atoms with Crippen LogP contribution >= 0.6 is 23.1 Å². The minimum atomic E-state index is -0.662. The van der Waals surface area contributed by atoms with Gasteiger partial charge in [0.15, 0.2) is 0 Å². The molecule has 282 valence electrons. The number of hydrogen-bond donors (Lipinski definition) is 4. The average molecular weight is 777 g/mol. The molecule has 4 aromatic carbocycles. The maximum atomic E-state index is 13.7. The molecule has 1 aromatic heterocycles. The first-order valence-electron chi connectivity index (χ1n) is 17.4. The third kappa shape index (κ3) is 10.9. The summed E-state index contributed by atoms with van der Waals surface area (Å²) in [6.07, 6.45) is 1.57. The largest absolute Gasteiger partial charge is 0.494 e. The Morgan fingerprint density at radius 2 is 1.44 bits per heavy atom. The predicted octanol–water partition coefficient (Wildman–Crippen LogP) is 8.41. The molecule has 0 saturated heterocycles. The Hall–Kier alpha value is -6.18. The number of amides is 4. The molecule has 1 atom stereocenters. The second-order valence-electron chi connectivity index (χ2n) is 11.9. The van der Waals surface area contributed by atoms with Crippen molar-refractivity contribution in [2.45, 2.75) is 37.8 Å². The van der Waals surface area contributed by atoms with Gasteiger partial charge in [-0.25, -0.2) is 4.79 Å². The van der Waals surface area contributed by atoms with Crippen LogP contribution in [0.25, 0.3) is 6.08 Å². The summed E-state index contributed by atoms with van der Waals surface area (Å²) in [5.41, 5.74) is 2.61. The highest BCUT2D eigenvalue weighted by molar-refractivity contribution is 8.00. The molecule has 5 rings (SSSR count). The minimum absolute atomic E-state index is 0.0179. The predicted molar refractivity (Wildman–Crippen MR) is 218 cm³/mol. The Morgan fingerprint density at radius 1 is 0.764 bits per heavy atom. The van der Waals surface area contributed by atoms with Crippen LogP contribution in [-0.4, -0.2) is 48.1 Å². The summed E-state index contributed by atoms with van der Waals surface area (Å²) in [6.45, 7) is 7.54. The molecular formula is C42H40N4O7S2. The summed E-state index contributed by atoms with van der Waals surface area (Å²) in [5.74, 6) is -1.81. The van der Waals surface area contributed by atoms with Crippen LogP contribution in [0.3, 0.4) is 0 Å². The Morgan fingerprint density at radius 3 is 2.11 bits per heavy atom. The van der Waals surface area contributed by atoms with Gasteiger partial charge in [0.1, 0.15) is 16.4 Å². The fourth-order valence-corrected chi connectivity index (χ4v) is 7.25. The zero-order valence-electron chi connectivity index (χ0n) is 30.6. The van der Waals surface area contributed by atoms with Gasteiger partial charge in [-0.1, -0.05) is 54.6 Å². The highest BCUT2D eigenvalue weighted by Crippen LogP contribution is 2.35. The molecule has 1 heterocycles. The Kier molecular flexibility index (Phi) is 14.0. The van der Waals surface area contributed by atoms with E-state index in [9.17, 15) is 24.0 Å². The average Bonchev–Trinajstić information content (AvgIpc) is 3.51. The van der Waals surface area contributed by atoms with E-state index < -0.39 is 34.8 Å². The molecule has 4 amide bonds. The number of rotatable bonds is 15. The van der Waals surface area contributed by atoms with Crippen molar-refractivity contribution in [3.05, 3.63) is 142 Å². The molecule has 4 N–H and O–H groups in total. The number of carbonyl (C=O) groups excluding carboxylic acids is 5. The first-order valence-corrected chi connectivity index (χ1v) is 19.1. The zero-order chi connectivity index (χ0) is 39.3. The van der Waals surface area contributed by atoms with Crippen molar-refractivity contribution in [2.75, 3.05) is 29.2 Å². The van der Waals surface area contributed by atoms with Crippen LogP contribution in [0.5, 0.6) is 5.75 Å². The van der Waals surface area contributed by atoms with Crippen molar-refractivity contribution in [1.82, 2.24) is 5.32 Å². The minimum Gasteiger partial charge on any atom is -0.494 e. The highest BCUT2D eigenvalue weighted by Gasteiger charge is 2.28. The van der Waals surface area contributed by atoms with E-state index in [0.29, 0.717) is 45.3 Å². The molecule has 0 aliphatic rings. The fraction of sp³-hybridized carbons (Fsp3) is 0.167. The molecule has 0 fully saturated rings. The lowest BCUT2D eigenvalue weighted by atomic mass is 10.1. The molecule has 55 heavy (non-hydrogen) atoms. The number of thiophene rings is 1. The van der Waals surface area contributed by atoms with Crippen molar-refractivity contribution in [3.8, 4) is 5.75 Å². The lowest BCUT2D eigenvalue weighted by Crippen LogP contribution is -2.30. The third-order valence-electron chi connectivity index (χ3n) is 7.91. The number of hydrogen-bond acceptors (Lipinski definition) is 9. The molecule has 11 nitrogen and oxygen atoms in total. The maximum Gasteiger partial charge on any atom is 0.341 e. The third-order valence-corrected chi connectivity index (χ3v) is 10.2. The first kappa shape index (κ1) is 40.0. The van der Waals surface area contributed by atoms with E-state index in [2.05, 4.69) is 21.3 Å². The van der Waals surface area contributed by atoms with Crippen LogP contribution in [0.2, 0.25) is 0 Å². The van der Waals surface area contributed by atoms with Gasteiger partial charge in [-0.3, -0.25) is 19.2 Å². The van der Waals surface area contributed by atoms with Gasteiger partial charge in [0.05, 0.1) is 28.9 Å². The van der Waals surface area contributed by atoms with Gasteiger partial charge < -0.3 is 30.7 Å². The van der Waals surface area contributed by atoms with Gasteiger partial charge >= 0.3 is 5.97 Å². The van der Waals surface area contributed by atoms with E-state index in [4.69, 9.17) is 9.47 Å². The van der Waals surface area contributed by atoms with E-state index in [1.165, 1.54) is 11.8 Å². The summed E-state index contributed by atoms with van der Waals surface area (Å²) >= 11 is 2.22. The number of carbonyl (C=O) groups is 5. The van der Waals surface area contributed by atoms with Crippen molar-refractivity contribution in [1.29, 1.82) is 0 Å². The fourth-order valence-electron chi connectivity index (χ4n) is 5.23. The van der Waals surface area contributed by atoms with Gasteiger partial charge in [0.2, 0.25) is 5.91 Å². The van der Waals surface area contributed by atoms with E-state index in [1.54, 1.807) is 130 Å². The van der Waals surface area contributed by atoms with Gasteiger partial charge in [-0.2, -0.15) is 0 Å². The van der Waals surface area contributed by atoms with Crippen LogP contribution in [0.1, 0.15) is 62.3 Å². The number of thioether (sulfide) groups is 1. The van der Waals surface area contributed by atoms with Gasteiger partial charge in [-0.15, -0.1) is 23.1 Å². The van der Waals surface area contributed by atoms with Gasteiger partial charge in [0.25, 0.3) is 17.7 Å². The lowest BCUT2D eigenvalue weighted by Gasteiger charge is -2.14. The molecule has 0 radical (unpaired) electrons. The smallest absolute Gasteiger partial charge is 0.341 e. The monoisotopic (exact) mass is 776 g/mol. The van der Waals surface area contributed by atoms with E-state index in [1.807, 2.05) is 13.0 Å². The molecule has 0 spiro atoms. The van der Waals surface area contributed by atoms with Crippen LogP contribution in [-0.2, 0) is 14.3 Å². The summed E-state index contributed by atoms with van der Waals surface area (Å²) in [7, 11) is 0. The molecule has 0 bridgehead atoms. The van der Waals surface area contributed by atoms with E-state index in [-0.39, 0.29) is 27.7 Å². The number of nitrogens with one attached hydrogen (secondary N) is 4. The lowest BCUT2D eigenvalue weighted by molar-refractivity contribution is -0.115. The quantitative estimate of drug-likeness (QED) is 0.0470. The number of anilines is 3. The zero-order valence-corrected chi connectivity index (χ0v) is 32.3. The van der Waals surface area contributed by atoms with Crippen LogP contribution in [0.15, 0.2) is 120 Å². The van der Waals surface area contributed by atoms with Crippen LogP contribution < -0.4 is 26.0 Å². The number of benzene rings is 4. The second-order valence-corrected chi connectivity index (χ2v) is 14.3. The summed E-state index contributed by atoms with van der Waals surface area (Å²) < 4.78 is 10.8. The van der Waals surface area contributed by atoms with Gasteiger partial charge in [-0.05, 0) is 99.5 Å². The normalized spacial score (nSPS) is 11.5. The molecule has 0 saturated carbocycles.